The Morgan fingerprint density at radius 3 is 2.93 bits per heavy atom. The molecule has 0 amide bonds. The Morgan fingerprint density at radius 1 is 1.43 bits per heavy atom. The Kier molecular flexibility index (Phi) is 2.88. The average molecular weight is 197 g/mol. The second-order valence-corrected chi connectivity index (χ2v) is 3.20. The number of nitrogens with zero attached hydrogens (tertiary/aromatic N) is 2. The van der Waals surface area contributed by atoms with Crippen LogP contribution in [-0.2, 0) is 4.74 Å². The quantitative estimate of drug-likeness (QED) is 0.768. The first-order chi connectivity index (χ1) is 6.86. The van der Waals surface area contributed by atoms with Crippen molar-refractivity contribution in [3.63, 3.8) is 0 Å². The smallest absolute Gasteiger partial charge is 0.222 e. The molecule has 2 rings (SSSR count). The molecule has 4 nitrogen and oxygen atoms in total. The van der Waals surface area contributed by atoms with Crippen LogP contribution in [-0.4, -0.2) is 35.4 Å². The molecule has 0 aliphatic carbocycles. The number of halogens is 1. The van der Waals surface area contributed by atoms with Crippen LogP contribution >= 0.6 is 0 Å². The van der Waals surface area contributed by atoms with Crippen LogP contribution in [0.5, 0.6) is 0 Å². The molecule has 1 aliphatic heterocycles. The third kappa shape index (κ3) is 2.17. The van der Waals surface area contributed by atoms with Crippen molar-refractivity contribution in [1.29, 1.82) is 0 Å². The summed E-state index contributed by atoms with van der Waals surface area (Å²) in [5, 5.41) is 2.95. The molecule has 0 bridgehead atoms. The molecule has 76 valence electrons. The van der Waals surface area contributed by atoms with Crippen LogP contribution in [0.1, 0.15) is 6.42 Å². The minimum atomic E-state index is -0.979. The van der Waals surface area contributed by atoms with Gasteiger partial charge in [0, 0.05) is 19.0 Å². The van der Waals surface area contributed by atoms with Crippen molar-refractivity contribution in [2.45, 2.75) is 18.6 Å². The molecule has 2 heterocycles. The van der Waals surface area contributed by atoms with E-state index in [0.717, 1.165) is 0 Å². The Bertz CT molecular complexity index is 283. The van der Waals surface area contributed by atoms with Gasteiger partial charge in [-0.1, -0.05) is 0 Å². The molecule has 2 atom stereocenters. The van der Waals surface area contributed by atoms with Gasteiger partial charge in [-0.25, -0.2) is 14.4 Å². The number of ether oxygens (including phenoxy) is 1. The van der Waals surface area contributed by atoms with Crippen LogP contribution < -0.4 is 5.32 Å². The number of alkyl halides is 1. The summed E-state index contributed by atoms with van der Waals surface area (Å²) in [6, 6.07) is 1.49. The highest BCUT2D eigenvalue weighted by Gasteiger charge is 2.25. The lowest BCUT2D eigenvalue weighted by Crippen LogP contribution is -2.39. The fourth-order valence-corrected chi connectivity index (χ4v) is 1.41. The molecule has 1 saturated heterocycles. The summed E-state index contributed by atoms with van der Waals surface area (Å²) in [7, 11) is 0. The van der Waals surface area contributed by atoms with Gasteiger partial charge in [-0.2, -0.15) is 0 Å². The molecule has 14 heavy (non-hydrogen) atoms. The highest BCUT2D eigenvalue weighted by Crippen LogP contribution is 2.14. The molecule has 1 aromatic heterocycles. The van der Waals surface area contributed by atoms with E-state index < -0.39 is 6.17 Å². The van der Waals surface area contributed by atoms with Gasteiger partial charge in [0.2, 0.25) is 5.95 Å². The lowest BCUT2D eigenvalue weighted by molar-refractivity contribution is 0.0284. The summed E-state index contributed by atoms with van der Waals surface area (Å²) in [5.41, 5.74) is 0. The van der Waals surface area contributed by atoms with E-state index in [4.69, 9.17) is 4.74 Å². The van der Waals surface area contributed by atoms with Crippen LogP contribution in [0.2, 0.25) is 0 Å². The fraction of sp³-hybridized carbons (Fsp3) is 0.556. The summed E-state index contributed by atoms with van der Waals surface area (Å²) in [4.78, 5) is 7.96. The van der Waals surface area contributed by atoms with Gasteiger partial charge in [-0.05, 0) is 12.5 Å². The molecule has 0 radical (unpaired) electrons. The fourth-order valence-electron chi connectivity index (χ4n) is 1.41. The summed E-state index contributed by atoms with van der Waals surface area (Å²) in [6.07, 6.45) is 2.93. The standard InChI is InChI=1S/C9H12FN3O/c10-7-6-14-5-2-8(7)13-9-11-3-1-4-12-9/h1,3-4,7-8H,2,5-6H2,(H,11,12,13)/t7-,8-/m1/s1. The zero-order chi connectivity index (χ0) is 9.80. The zero-order valence-electron chi connectivity index (χ0n) is 7.69. The van der Waals surface area contributed by atoms with Crippen LogP contribution in [0, 0.1) is 0 Å². The maximum atomic E-state index is 13.3. The molecular weight excluding hydrogens is 185 g/mol. The number of hydrogen-bond donors (Lipinski definition) is 1. The SMILES string of the molecule is F[C@@H]1COCC[C@H]1Nc1ncccn1. The number of hydrogen-bond acceptors (Lipinski definition) is 4. The van der Waals surface area contributed by atoms with E-state index in [1.165, 1.54) is 0 Å². The second kappa shape index (κ2) is 4.32. The summed E-state index contributed by atoms with van der Waals surface area (Å²) < 4.78 is 18.3. The van der Waals surface area contributed by atoms with Gasteiger partial charge in [0.25, 0.3) is 0 Å². The summed E-state index contributed by atoms with van der Waals surface area (Å²) in [6.45, 7) is 0.745. The van der Waals surface area contributed by atoms with Gasteiger partial charge in [0.15, 0.2) is 0 Å². The predicted octanol–water partition coefficient (Wildman–Crippen LogP) is 1.02. The lowest BCUT2D eigenvalue weighted by atomic mass is 10.1. The minimum Gasteiger partial charge on any atom is -0.378 e. The van der Waals surface area contributed by atoms with Gasteiger partial charge >= 0.3 is 0 Å². The van der Waals surface area contributed by atoms with Crippen molar-refractivity contribution >= 4 is 5.95 Å². The first-order valence-corrected chi connectivity index (χ1v) is 4.61. The van der Waals surface area contributed by atoms with Crippen LogP contribution in [0.25, 0.3) is 0 Å². The van der Waals surface area contributed by atoms with Gasteiger partial charge in [-0.3, -0.25) is 0 Å². The Hall–Kier alpha value is -1.23. The van der Waals surface area contributed by atoms with E-state index in [9.17, 15) is 4.39 Å². The first-order valence-electron chi connectivity index (χ1n) is 4.61. The first kappa shape index (κ1) is 9.33. The van der Waals surface area contributed by atoms with Gasteiger partial charge in [-0.15, -0.1) is 0 Å². The normalized spacial score (nSPS) is 27.2. The monoisotopic (exact) mass is 197 g/mol. The van der Waals surface area contributed by atoms with Crippen LogP contribution in [0.15, 0.2) is 18.5 Å². The molecule has 1 fully saturated rings. The van der Waals surface area contributed by atoms with Crippen molar-refractivity contribution < 1.29 is 9.13 Å². The van der Waals surface area contributed by atoms with Crippen molar-refractivity contribution in [3.05, 3.63) is 18.5 Å². The molecule has 0 unspecified atom stereocenters. The van der Waals surface area contributed by atoms with Crippen LogP contribution in [0.3, 0.4) is 0 Å². The summed E-state index contributed by atoms with van der Waals surface area (Å²) >= 11 is 0. The molecule has 0 saturated carbocycles. The third-order valence-electron chi connectivity index (χ3n) is 2.17. The van der Waals surface area contributed by atoms with Crippen LogP contribution in [0.4, 0.5) is 10.3 Å². The highest BCUT2D eigenvalue weighted by atomic mass is 19.1. The predicted molar refractivity (Wildman–Crippen MR) is 49.8 cm³/mol. The van der Waals surface area contributed by atoms with E-state index in [1.54, 1.807) is 18.5 Å². The average Bonchev–Trinajstić information content (AvgIpc) is 2.23. The molecule has 1 aromatic rings. The van der Waals surface area contributed by atoms with E-state index in [1.807, 2.05) is 0 Å². The number of aromatic nitrogens is 2. The molecule has 0 spiro atoms. The lowest BCUT2D eigenvalue weighted by Gasteiger charge is -2.26. The molecular formula is C9H12FN3O. The van der Waals surface area contributed by atoms with E-state index in [2.05, 4.69) is 15.3 Å². The van der Waals surface area contributed by atoms with Gasteiger partial charge in [0.1, 0.15) is 6.17 Å². The number of anilines is 1. The maximum Gasteiger partial charge on any atom is 0.222 e. The Balaban J connectivity index is 1.96. The largest absolute Gasteiger partial charge is 0.378 e. The molecule has 1 aliphatic rings. The third-order valence-corrected chi connectivity index (χ3v) is 2.17. The van der Waals surface area contributed by atoms with Gasteiger partial charge < -0.3 is 10.1 Å². The number of rotatable bonds is 2. The van der Waals surface area contributed by atoms with Crippen molar-refractivity contribution in [3.8, 4) is 0 Å². The Labute approximate surface area is 81.5 Å². The van der Waals surface area contributed by atoms with Crippen molar-refractivity contribution in [1.82, 2.24) is 9.97 Å². The summed E-state index contributed by atoms with van der Waals surface area (Å²) in [5.74, 6) is 0.474. The molecule has 0 aromatic carbocycles. The highest BCUT2D eigenvalue weighted by molar-refractivity contribution is 5.25. The molecule has 5 heteroatoms. The Morgan fingerprint density at radius 2 is 2.21 bits per heavy atom. The molecule has 1 N–H and O–H groups in total. The van der Waals surface area contributed by atoms with Crippen molar-refractivity contribution in [2.75, 3.05) is 18.5 Å². The van der Waals surface area contributed by atoms with E-state index >= 15 is 0 Å². The topological polar surface area (TPSA) is 47.0 Å². The zero-order valence-corrected chi connectivity index (χ0v) is 7.69. The maximum absolute atomic E-state index is 13.3. The number of nitrogens with one attached hydrogen (secondary N) is 1. The second-order valence-electron chi connectivity index (χ2n) is 3.20. The van der Waals surface area contributed by atoms with Gasteiger partial charge in [0.05, 0.1) is 12.6 Å². The van der Waals surface area contributed by atoms with E-state index in [0.29, 0.717) is 19.0 Å². The van der Waals surface area contributed by atoms with Crippen molar-refractivity contribution in [2.24, 2.45) is 0 Å². The minimum absolute atomic E-state index is 0.157. The van der Waals surface area contributed by atoms with E-state index in [-0.39, 0.29) is 12.6 Å².